The number of likely N-dealkylation sites (tertiary alicyclic amines) is 1. The van der Waals surface area contributed by atoms with Gasteiger partial charge in [-0.3, -0.25) is 0 Å². The Kier molecular flexibility index (Phi) is 5.22. The third kappa shape index (κ3) is 4.04. The van der Waals surface area contributed by atoms with E-state index in [9.17, 15) is 0 Å². The number of ether oxygens (including phenoxy) is 1. The van der Waals surface area contributed by atoms with Crippen LogP contribution < -0.4 is 5.32 Å². The lowest BCUT2D eigenvalue weighted by Gasteiger charge is -2.38. The predicted octanol–water partition coefficient (Wildman–Crippen LogP) is 1.73. The van der Waals surface area contributed by atoms with Crippen molar-refractivity contribution in [3.8, 4) is 0 Å². The molecule has 1 aliphatic heterocycles. The first kappa shape index (κ1) is 13.9. The highest BCUT2D eigenvalue weighted by Gasteiger charge is 2.27. The van der Waals surface area contributed by atoms with Crippen LogP contribution in [0, 0.1) is 5.41 Å². The van der Waals surface area contributed by atoms with Crippen LogP contribution in [0.15, 0.2) is 0 Å². The summed E-state index contributed by atoms with van der Waals surface area (Å²) < 4.78 is 5.40. The van der Waals surface area contributed by atoms with Gasteiger partial charge in [-0.05, 0) is 25.3 Å². The molecule has 0 amide bonds. The van der Waals surface area contributed by atoms with Crippen LogP contribution in [0.25, 0.3) is 0 Å². The molecule has 3 nitrogen and oxygen atoms in total. The van der Waals surface area contributed by atoms with E-state index in [4.69, 9.17) is 4.74 Å². The van der Waals surface area contributed by atoms with Crippen LogP contribution in [0.3, 0.4) is 0 Å². The number of nitrogens with one attached hydrogen (secondary N) is 1. The maximum Gasteiger partial charge on any atom is 0.0595 e. The maximum absolute atomic E-state index is 5.40. The van der Waals surface area contributed by atoms with E-state index < -0.39 is 0 Å². The molecule has 0 saturated carbocycles. The molecule has 0 radical (unpaired) electrons. The predicted molar refractivity (Wildman–Crippen MR) is 68.8 cm³/mol. The Bertz CT molecular complexity index is 193. The van der Waals surface area contributed by atoms with Crippen molar-refractivity contribution >= 4 is 0 Å². The topological polar surface area (TPSA) is 24.5 Å². The molecule has 96 valence electrons. The van der Waals surface area contributed by atoms with Gasteiger partial charge in [0.05, 0.1) is 6.10 Å². The molecule has 1 atom stereocenters. The van der Waals surface area contributed by atoms with Gasteiger partial charge < -0.3 is 15.0 Å². The Labute approximate surface area is 101 Å². The van der Waals surface area contributed by atoms with Gasteiger partial charge in [0.2, 0.25) is 0 Å². The van der Waals surface area contributed by atoms with Gasteiger partial charge in [-0.15, -0.1) is 0 Å². The second-order valence-corrected chi connectivity index (χ2v) is 5.94. The zero-order valence-electron chi connectivity index (χ0n) is 11.5. The Balaban J connectivity index is 2.37. The van der Waals surface area contributed by atoms with Gasteiger partial charge in [0.25, 0.3) is 0 Å². The number of nitrogens with zero attached hydrogens (tertiary/aromatic N) is 1. The van der Waals surface area contributed by atoms with Gasteiger partial charge in [-0.25, -0.2) is 0 Å². The lowest BCUT2D eigenvalue weighted by atomic mass is 9.86. The maximum atomic E-state index is 5.40. The zero-order chi connectivity index (χ0) is 12.2. The third-order valence-corrected chi connectivity index (χ3v) is 3.70. The number of methoxy groups -OCH3 is 1. The molecule has 0 aromatic carbocycles. The third-order valence-electron chi connectivity index (χ3n) is 3.70. The SMILES string of the molecule is CNC(CN1CCC(OC)CC1)C(C)(C)C. The fourth-order valence-corrected chi connectivity index (χ4v) is 2.38. The van der Waals surface area contributed by atoms with Gasteiger partial charge >= 0.3 is 0 Å². The monoisotopic (exact) mass is 228 g/mol. The molecule has 0 aromatic heterocycles. The summed E-state index contributed by atoms with van der Waals surface area (Å²) in [5.41, 5.74) is 0.326. The second kappa shape index (κ2) is 5.99. The minimum absolute atomic E-state index is 0.326. The highest BCUT2D eigenvalue weighted by molar-refractivity contribution is 4.84. The van der Waals surface area contributed by atoms with Crippen LogP contribution in [0.2, 0.25) is 0 Å². The smallest absolute Gasteiger partial charge is 0.0595 e. The minimum atomic E-state index is 0.326. The van der Waals surface area contributed by atoms with Gasteiger partial charge in [0.1, 0.15) is 0 Å². The van der Waals surface area contributed by atoms with E-state index in [1.807, 2.05) is 7.11 Å². The number of likely N-dealkylation sites (N-methyl/N-ethyl adjacent to an activating group) is 1. The summed E-state index contributed by atoms with van der Waals surface area (Å²) in [5.74, 6) is 0. The first-order valence-electron chi connectivity index (χ1n) is 6.39. The second-order valence-electron chi connectivity index (χ2n) is 5.94. The van der Waals surface area contributed by atoms with Crippen LogP contribution in [0.5, 0.6) is 0 Å². The molecule has 0 aromatic rings. The van der Waals surface area contributed by atoms with Crippen LogP contribution in [0.4, 0.5) is 0 Å². The summed E-state index contributed by atoms with van der Waals surface area (Å²) in [4.78, 5) is 2.56. The lowest BCUT2D eigenvalue weighted by Crippen LogP contribution is -2.49. The fraction of sp³-hybridized carbons (Fsp3) is 1.00. The summed E-state index contributed by atoms with van der Waals surface area (Å²) >= 11 is 0. The van der Waals surface area contributed by atoms with Crippen LogP contribution in [0.1, 0.15) is 33.6 Å². The molecule has 1 aliphatic rings. The van der Waals surface area contributed by atoms with Crippen molar-refractivity contribution in [1.82, 2.24) is 10.2 Å². The Morgan fingerprint density at radius 1 is 1.31 bits per heavy atom. The van der Waals surface area contributed by atoms with Crippen molar-refractivity contribution in [1.29, 1.82) is 0 Å². The molecule has 16 heavy (non-hydrogen) atoms. The molecule has 1 heterocycles. The zero-order valence-corrected chi connectivity index (χ0v) is 11.5. The van der Waals surface area contributed by atoms with Crippen molar-refractivity contribution in [3.05, 3.63) is 0 Å². The van der Waals surface area contributed by atoms with E-state index in [0.29, 0.717) is 17.6 Å². The molecular weight excluding hydrogens is 200 g/mol. The minimum Gasteiger partial charge on any atom is -0.381 e. The number of rotatable bonds is 4. The van der Waals surface area contributed by atoms with Crippen molar-refractivity contribution in [3.63, 3.8) is 0 Å². The van der Waals surface area contributed by atoms with Crippen LogP contribution in [-0.2, 0) is 4.74 Å². The molecule has 1 unspecified atom stereocenters. The van der Waals surface area contributed by atoms with E-state index >= 15 is 0 Å². The van der Waals surface area contributed by atoms with Gasteiger partial charge in [-0.1, -0.05) is 20.8 Å². The van der Waals surface area contributed by atoms with E-state index in [-0.39, 0.29) is 0 Å². The first-order valence-corrected chi connectivity index (χ1v) is 6.39. The molecule has 1 fully saturated rings. The fourth-order valence-electron chi connectivity index (χ4n) is 2.38. The van der Waals surface area contributed by atoms with Crippen molar-refractivity contribution < 1.29 is 4.74 Å². The summed E-state index contributed by atoms with van der Waals surface area (Å²) in [6.45, 7) is 10.4. The highest BCUT2D eigenvalue weighted by Crippen LogP contribution is 2.21. The number of piperidine rings is 1. The average molecular weight is 228 g/mol. The van der Waals surface area contributed by atoms with E-state index in [1.54, 1.807) is 0 Å². The summed E-state index contributed by atoms with van der Waals surface area (Å²) in [6.07, 6.45) is 2.84. The van der Waals surface area contributed by atoms with Crippen molar-refractivity contribution in [2.24, 2.45) is 5.41 Å². The van der Waals surface area contributed by atoms with E-state index in [1.165, 1.54) is 25.9 Å². The Morgan fingerprint density at radius 3 is 2.25 bits per heavy atom. The van der Waals surface area contributed by atoms with Gasteiger partial charge in [0, 0.05) is 32.8 Å². The quantitative estimate of drug-likeness (QED) is 0.793. The van der Waals surface area contributed by atoms with Crippen LogP contribution >= 0.6 is 0 Å². The van der Waals surface area contributed by atoms with E-state index in [0.717, 1.165) is 6.54 Å². The summed E-state index contributed by atoms with van der Waals surface area (Å²) in [5, 5.41) is 3.44. The standard InChI is InChI=1S/C13H28N2O/c1-13(2,3)12(14-4)10-15-8-6-11(16-5)7-9-15/h11-12,14H,6-10H2,1-5H3. The number of hydrogen-bond acceptors (Lipinski definition) is 3. The van der Waals surface area contributed by atoms with E-state index in [2.05, 4.69) is 38.0 Å². The molecular formula is C13H28N2O. The molecule has 1 rings (SSSR count). The Hall–Kier alpha value is -0.120. The lowest BCUT2D eigenvalue weighted by molar-refractivity contribution is 0.0340. The molecule has 0 aliphatic carbocycles. The molecule has 0 spiro atoms. The normalized spacial score (nSPS) is 22.3. The Morgan fingerprint density at radius 2 is 1.88 bits per heavy atom. The molecule has 0 bridgehead atoms. The molecule has 1 N–H and O–H groups in total. The van der Waals surface area contributed by atoms with Gasteiger partial charge in [0.15, 0.2) is 0 Å². The van der Waals surface area contributed by atoms with Crippen molar-refractivity contribution in [2.45, 2.75) is 45.8 Å². The first-order chi connectivity index (χ1) is 7.47. The number of hydrogen-bond donors (Lipinski definition) is 1. The molecule has 3 heteroatoms. The largest absolute Gasteiger partial charge is 0.381 e. The summed E-state index contributed by atoms with van der Waals surface area (Å²) in [7, 11) is 3.89. The molecule has 1 saturated heterocycles. The summed E-state index contributed by atoms with van der Waals surface area (Å²) in [6, 6.07) is 0.562. The average Bonchev–Trinajstić information content (AvgIpc) is 2.25. The highest BCUT2D eigenvalue weighted by atomic mass is 16.5. The van der Waals surface area contributed by atoms with Gasteiger partial charge in [-0.2, -0.15) is 0 Å². The van der Waals surface area contributed by atoms with Crippen LogP contribution in [-0.4, -0.2) is 50.8 Å². The van der Waals surface area contributed by atoms with Crippen molar-refractivity contribution in [2.75, 3.05) is 33.8 Å².